The Balaban J connectivity index is 1.88. The van der Waals surface area contributed by atoms with E-state index in [0.29, 0.717) is 43.9 Å². The van der Waals surface area contributed by atoms with Gasteiger partial charge in [-0.3, -0.25) is 14.4 Å². The van der Waals surface area contributed by atoms with E-state index in [4.69, 9.17) is 15.2 Å². The fraction of sp³-hybridized carbons (Fsp3) is 0.545. The van der Waals surface area contributed by atoms with Gasteiger partial charge in [-0.25, -0.2) is 4.79 Å². The van der Waals surface area contributed by atoms with Crippen molar-refractivity contribution in [2.75, 3.05) is 26.3 Å². The predicted octanol–water partition coefficient (Wildman–Crippen LogP) is 1.11. The first-order chi connectivity index (χ1) is 14.7. The van der Waals surface area contributed by atoms with Gasteiger partial charge in [0, 0.05) is 24.6 Å². The Labute approximate surface area is 182 Å². The van der Waals surface area contributed by atoms with E-state index in [9.17, 15) is 19.2 Å². The van der Waals surface area contributed by atoms with Gasteiger partial charge in [-0.2, -0.15) is 0 Å². The van der Waals surface area contributed by atoms with Crippen LogP contribution in [-0.4, -0.2) is 60.9 Å². The molecule has 3 N–H and O–H groups in total. The Hall–Kier alpha value is -3.10. The van der Waals surface area contributed by atoms with Gasteiger partial charge in [-0.1, -0.05) is 13.8 Å². The minimum Gasteiger partial charge on any atom is -0.494 e. The number of likely N-dealkylation sites (tertiary alicyclic amines) is 1. The monoisotopic (exact) mass is 433 g/mol. The van der Waals surface area contributed by atoms with Gasteiger partial charge in [0.05, 0.1) is 6.61 Å². The molecule has 2 rings (SSSR count). The molecule has 1 aromatic carbocycles. The zero-order chi connectivity index (χ0) is 23.0. The quantitative estimate of drug-likeness (QED) is 0.562. The van der Waals surface area contributed by atoms with Gasteiger partial charge in [0.15, 0.2) is 6.61 Å². The molecule has 1 aliphatic heterocycles. The van der Waals surface area contributed by atoms with E-state index in [-0.39, 0.29) is 23.7 Å². The van der Waals surface area contributed by atoms with E-state index in [0.717, 1.165) is 0 Å². The van der Waals surface area contributed by atoms with Gasteiger partial charge >= 0.3 is 5.97 Å². The summed E-state index contributed by atoms with van der Waals surface area (Å²) >= 11 is 0. The summed E-state index contributed by atoms with van der Waals surface area (Å²) in [6.07, 6.45) is 1.00. The number of carbonyl (C=O) groups is 4. The number of nitrogens with zero attached hydrogens (tertiary/aromatic N) is 1. The van der Waals surface area contributed by atoms with Crippen molar-refractivity contribution in [1.29, 1.82) is 0 Å². The highest BCUT2D eigenvalue weighted by molar-refractivity contribution is 5.97. The number of piperidine rings is 1. The lowest BCUT2D eigenvalue weighted by molar-refractivity contribution is -0.155. The van der Waals surface area contributed by atoms with Crippen molar-refractivity contribution in [1.82, 2.24) is 10.2 Å². The summed E-state index contributed by atoms with van der Waals surface area (Å²) in [7, 11) is 0. The first-order valence-corrected chi connectivity index (χ1v) is 10.5. The normalized spacial score (nSPS) is 15.3. The lowest BCUT2D eigenvalue weighted by Gasteiger charge is -2.30. The molecule has 1 atom stereocenters. The van der Waals surface area contributed by atoms with Crippen LogP contribution < -0.4 is 15.8 Å². The average Bonchev–Trinajstić information content (AvgIpc) is 2.76. The van der Waals surface area contributed by atoms with Crippen molar-refractivity contribution in [2.45, 2.75) is 39.7 Å². The summed E-state index contributed by atoms with van der Waals surface area (Å²) < 4.78 is 10.5. The van der Waals surface area contributed by atoms with E-state index in [1.54, 1.807) is 43.0 Å². The van der Waals surface area contributed by atoms with Crippen LogP contribution in [0, 0.1) is 11.8 Å². The molecule has 0 aliphatic carbocycles. The third-order valence-corrected chi connectivity index (χ3v) is 5.22. The number of nitrogens with one attached hydrogen (secondary N) is 1. The Kier molecular flexibility index (Phi) is 8.84. The van der Waals surface area contributed by atoms with Crippen molar-refractivity contribution in [3.8, 4) is 5.75 Å². The van der Waals surface area contributed by atoms with Crippen LogP contribution in [0.25, 0.3) is 0 Å². The van der Waals surface area contributed by atoms with Crippen LogP contribution in [0.2, 0.25) is 0 Å². The van der Waals surface area contributed by atoms with E-state index < -0.39 is 24.5 Å². The Morgan fingerprint density at radius 3 is 2.26 bits per heavy atom. The molecule has 0 unspecified atom stereocenters. The molecule has 0 bridgehead atoms. The molecular weight excluding hydrogens is 402 g/mol. The zero-order valence-electron chi connectivity index (χ0n) is 18.3. The lowest BCUT2D eigenvalue weighted by Crippen LogP contribution is -2.47. The third-order valence-electron chi connectivity index (χ3n) is 5.22. The number of benzene rings is 1. The molecule has 1 heterocycles. The van der Waals surface area contributed by atoms with Crippen molar-refractivity contribution < 1.29 is 28.7 Å². The summed E-state index contributed by atoms with van der Waals surface area (Å²) in [6, 6.07) is 5.69. The second-order valence-electron chi connectivity index (χ2n) is 7.82. The largest absolute Gasteiger partial charge is 0.494 e. The fourth-order valence-corrected chi connectivity index (χ4v) is 3.32. The molecule has 9 heteroatoms. The average molecular weight is 434 g/mol. The number of rotatable bonds is 9. The number of hydrogen-bond donors (Lipinski definition) is 2. The second-order valence-corrected chi connectivity index (χ2v) is 7.82. The topological polar surface area (TPSA) is 128 Å². The fourth-order valence-electron chi connectivity index (χ4n) is 3.32. The number of nitrogens with two attached hydrogens (primary N) is 1. The van der Waals surface area contributed by atoms with Crippen molar-refractivity contribution >= 4 is 23.7 Å². The smallest absolute Gasteiger partial charge is 0.329 e. The Morgan fingerprint density at radius 2 is 1.74 bits per heavy atom. The van der Waals surface area contributed by atoms with Crippen LogP contribution in [0.3, 0.4) is 0 Å². The van der Waals surface area contributed by atoms with Crippen LogP contribution in [-0.2, 0) is 19.1 Å². The Morgan fingerprint density at radius 1 is 1.13 bits per heavy atom. The van der Waals surface area contributed by atoms with E-state index >= 15 is 0 Å². The van der Waals surface area contributed by atoms with Crippen LogP contribution >= 0.6 is 0 Å². The molecular formula is C22H31N3O6. The summed E-state index contributed by atoms with van der Waals surface area (Å²) in [6.45, 7) is 6.32. The maximum Gasteiger partial charge on any atom is 0.329 e. The molecule has 1 aliphatic rings. The van der Waals surface area contributed by atoms with Crippen LogP contribution in [0.1, 0.15) is 44.0 Å². The molecule has 0 aromatic heterocycles. The molecule has 1 aromatic rings. The SMILES string of the molecule is CCOc1ccc(C(=O)N[C@H](C(=O)OCC(=O)N2CCC(C(N)=O)CC2)C(C)C)cc1. The summed E-state index contributed by atoms with van der Waals surface area (Å²) in [4.78, 5) is 50.2. The Bertz CT molecular complexity index is 785. The molecule has 0 saturated carbocycles. The van der Waals surface area contributed by atoms with Crippen molar-refractivity contribution in [3.05, 3.63) is 29.8 Å². The second kappa shape index (κ2) is 11.3. The third kappa shape index (κ3) is 6.97. The van der Waals surface area contributed by atoms with Gasteiger partial charge in [-0.05, 0) is 49.9 Å². The first kappa shape index (κ1) is 24.2. The van der Waals surface area contributed by atoms with Gasteiger partial charge in [-0.15, -0.1) is 0 Å². The van der Waals surface area contributed by atoms with Gasteiger partial charge in [0.2, 0.25) is 5.91 Å². The predicted molar refractivity (Wildman–Crippen MR) is 113 cm³/mol. The lowest BCUT2D eigenvalue weighted by atomic mass is 9.96. The van der Waals surface area contributed by atoms with E-state index in [2.05, 4.69) is 5.32 Å². The highest BCUT2D eigenvalue weighted by Gasteiger charge is 2.29. The number of primary amides is 1. The minimum absolute atomic E-state index is 0.227. The molecule has 1 fully saturated rings. The molecule has 31 heavy (non-hydrogen) atoms. The standard InChI is InChI=1S/C22H31N3O6/c1-4-30-17-7-5-16(6-8-17)21(28)24-19(14(2)3)22(29)31-13-18(26)25-11-9-15(10-12-25)20(23)27/h5-8,14-15,19H,4,9-13H2,1-3H3,(H2,23,27)(H,24,28)/t19-/m0/s1. The maximum absolute atomic E-state index is 12.5. The molecule has 0 radical (unpaired) electrons. The first-order valence-electron chi connectivity index (χ1n) is 10.5. The molecule has 0 spiro atoms. The van der Waals surface area contributed by atoms with Crippen LogP contribution in [0.5, 0.6) is 5.75 Å². The number of carbonyl (C=O) groups excluding carboxylic acids is 4. The van der Waals surface area contributed by atoms with Gasteiger partial charge < -0.3 is 25.4 Å². The number of hydrogen-bond acceptors (Lipinski definition) is 6. The summed E-state index contributed by atoms with van der Waals surface area (Å²) in [5.41, 5.74) is 5.68. The highest BCUT2D eigenvalue weighted by atomic mass is 16.5. The molecule has 170 valence electrons. The highest BCUT2D eigenvalue weighted by Crippen LogP contribution is 2.17. The summed E-state index contributed by atoms with van der Waals surface area (Å²) in [5.74, 6) is -1.60. The van der Waals surface area contributed by atoms with E-state index in [1.165, 1.54) is 0 Å². The maximum atomic E-state index is 12.5. The number of ether oxygens (including phenoxy) is 2. The molecule has 3 amide bonds. The zero-order valence-corrected chi connectivity index (χ0v) is 18.3. The number of amides is 3. The van der Waals surface area contributed by atoms with Crippen LogP contribution in [0.15, 0.2) is 24.3 Å². The molecule has 1 saturated heterocycles. The van der Waals surface area contributed by atoms with Gasteiger partial charge in [0.1, 0.15) is 11.8 Å². The van der Waals surface area contributed by atoms with Gasteiger partial charge in [0.25, 0.3) is 11.8 Å². The molecule has 9 nitrogen and oxygen atoms in total. The van der Waals surface area contributed by atoms with E-state index in [1.807, 2.05) is 6.92 Å². The van der Waals surface area contributed by atoms with Crippen molar-refractivity contribution in [3.63, 3.8) is 0 Å². The van der Waals surface area contributed by atoms with Crippen molar-refractivity contribution in [2.24, 2.45) is 17.6 Å². The van der Waals surface area contributed by atoms with Crippen LogP contribution in [0.4, 0.5) is 0 Å². The minimum atomic E-state index is -0.896. The number of esters is 1. The summed E-state index contributed by atoms with van der Waals surface area (Å²) in [5, 5.41) is 2.67.